The molecule has 128 valence electrons. The average molecular weight is 334 g/mol. The van der Waals surface area contributed by atoms with Crippen molar-refractivity contribution >= 4 is 22.8 Å². The second kappa shape index (κ2) is 8.16. The van der Waals surface area contributed by atoms with Crippen molar-refractivity contribution in [2.24, 2.45) is 0 Å². The fourth-order valence-corrected chi connectivity index (χ4v) is 2.07. The molecule has 2 aromatic rings. The van der Waals surface area contributed by atoms with Gasteiger partial charge in [-0.05, 0) is 19.1 Å². The van der Waals surface area contributed by atoms with Crippen molar-refractivity contribution in [2.75, 3.05) is 13.2 Å². The van der Waals surface area contributed by atoms with Gasteiger partial charge >= 0.3 is 5.97 Å². The smallest absolute Gasteiger partial charge is 0.331 e. The molecule has 0 aliphatic carbocycles. The van der Waals surface area contributed by atoms with E-state index in [0.717, 1.165) is 4.68 Å². The first-order chi connectivity index (χ1) is 11.6. The Balaban J connectivity index is 2.00. The van der Waals surface area contributed by atoms with Crippen molar-refractivity contribution in [3.8, 4) is 0 Å². The number of carbonyl (C=O) groups excluding carboxylic acids is 2. The number of hydrogen-bond donors (Lipinski definition) is 2. The minimum atomic E-state index is -1.13. The normalized spacial score (nSPS) is 11.9. The SMILES string of the molecule is CCOC(=O)[C@H](CO)NC(=O)CCn1nnc2ccccc2c1=O. The molecule has 2 rings (SSSR count). The molecule has 9 nitrogen and oxygen atoms in total. The van der Waals surface area contributed by atoms with Crippen LogP contribution in [0.15, 0.2) is 29.1 Å². The zero-order valence-electron chi connectivity index (χ0n) is 13.1. The van der Waals surface area contributed by atoms with E-state index in [0.29, 0.717) is 10.9 Å². The zero-order chi connectivity index (χ0) is 17.5. The van der Waals surface area contributed by atoms with Gasteiger partial charge in [-0.1, -0.05) is 17.3 Å². The lowest BCUT2D eigenvalue weighted by Crippen LogP contribution is -2.44. The van der Waals surface area contributed by atoms with Crippen LogP contribution >= 0.6 is 0 Å². The van der Waals surface area contributed by atoms with E-state index in [4.69, 9.17) is 9.84 Å². The van der Waals surface area contributed by atoms with E-state index < -0.39 is 24.5 Å². The van der Waals surface area contributed by atoms with Gasteiger partial charge < -0.3 is 15.2 Å². The van der Waals surface area contributed by atoms with Gasteiger partial charge in [0.05, 0.1) is 25.1 Å². The minimum absolute atomic E-state index is 0.00345. The molecule has 2 N–H and O–H groups in total. The molecule has 0 aliphatic heterocycles. The third kappa shape index (κ3) is 4.13. The lowest BCUT2D eigenvalue weighted by Gasteiger charge is -2.14. The molecule has 0 saturated heterocycles. The summed E-state index contributed by atoms with van der Waals surface area (Å²) in [4.78, 5) is 35.6. The van der Waals surface area contributed by atoms with E-state index >= 15 is 0 Å². The van der Waals surface area contributed by atoms with Crippen LogP contribution in [0.5, 0.6) is 0 Å². The van der Waals surface area contributed by atoms with Crippen molar-refractivity contribution in [1.29, 1.82) is 0 Å². The topological polar surface area (TPSA) is 123 Å². The van der Waals surface area contributed by atoms with Crippen molar-refractivity contribution in [2.45, 2.75) is 25.9 Å². The van der Waals surface area contributed by atoms with Crippen LogP contribution in [0.3, 0.4) is 0 Å². The van der Waals surface area contributed by atoms with Crippen LogP contribution in [0.4, 0.5) is 0 Å². The summed E-state index contributed by atoms with van der Waals surface area (Å²) in [5.74, 6) is -1.22. The van der Waals surface area contributed by atoms with Gasteiger partial charge in [0.1, 0.15) is 5.52 Å². The van der Waals surface area contributed by atoms with Crippen LogP contribution in [0.25, 0.3) is 10.9 Å². The van der Waals surface area contributed by atoms with Crippen molar-refractivity contribution in [3.63, 3.8) is 0 Å². The van der Waals surface area contributed by atoms with E-state index in [9.17, 15) is 14.4 Å². The van der Waals surface area contributed by atoms with Gasteiger partial charge in [-0.15, -0.1) is 5.10 Å². The van der Waals surface area contributed by atoms with Crippen LogP contribution in [-0.4, -0.2) is 51.2 Å². The molecule has 1 atom stereocenters. The predicted octanol–water partition coefficient (Wildman–Crippen LogP) is -0.778. The molecule has 0 fully saturated rings. The maximum Gasteiger partial charge on any atom is 0.331 e. The third-order valence-corrected chi connectivity index (χ3v) is 3.27. The Bertz CT molecular complexity index is 789. The summed E-state index contributed by atoms with van der Waals surface area (Å²) in [5, 5.41) is 19.6. The number of aromatic nitrogens is 3. The molecule has 0 unspecified atom stereocenters. The number of aryl methyl sites for hydroxylation is 1. The number of aliphatic hydroxyl groups is 1. The van der Waals surface area contributed by atoms with Gasteiger partial charge in [0, 0.05) is 6.42 Å². The number of carbonyl (C=O) groups is 2. The number of fused-ring (bicyclic) bond motifs is 1. The standard InChI is InChI=1S/C15H18N4O5/c1-2-24-15(23)12(9-20)16-13(21)7-8-19-14(22)10-5-3-4-6-11(10)17-18-19/h3-6,12,20H,2,7-9H2,1H3,(H,16,21)/t12-/m0/s1. The number of amides is 1. The largest absolute Gasteiger partial charge is 0.464 e. The predicted molar refractivity (Wildman–Crippen MR) is 84.1 cm³/mol. The van der Waals surface area contributed by atoms with Crippen LogP contribution in [0, 0.1) is 0 Å². The van der Waals surface area contributed by atoms with Crippen LogP contribution < -0.4 is 10.9 Å². The van der Waals surface area contributed by atoms with Crippen LogP contribution in [0.2, 0.25) is 0 Å². The molecule has 1 aromatic carbocycles. The van der Waals surface area contributed by atoms with Crippen molar-refractivity contribution < 1.29 is 19.4 Å². The quantitative estimate of drug-likeness (QED) is 0.637. The number of nitrogens with one attached hydrogen (secondary N) is 1. The molecule has 24 heavy (non-hydrogen) atoms. The van der Waals surface area contributed by atoms with E-state index in [1.54, 1.807) is 31.2 Å². The number of esters is 1. The number of nitrogens with zero attached hydrogens (tertiary/aromatic N) is 3. The Labute approximate surface area is 137 Å². The molecule has 0 spiro atoms. The molecule has 0 saturated carbocycles. The second-order valence-corrected chi connectivity index (χ2v) is 4.94. The van der Waals surface area contributed by atoms with Crippen LogP contribution in [-0.2, 0) is 20.9 Å². The molecule has 0 radical (unpaired) electrons. The van der Waals surface area contributed by atoms with Gasteiger partial charge in [-0.3, -0.25) is 9.59 Å². The number of ether oxygens (including phenoxy) is 1. The number of hydrogen-bond acceptors (Lipinski definition) is 7. The number of benzene rings is 1. The Morgan fingerprint density at radius 2 is 2.12 bits per heavy atom. The molecule has 9 heteroatoms. The number of aliphatic hydroxyl groups excluding tert-OH is 1. The van der Waals surface area contributed by atoms with Crippen molar-refractivity contribution in [1.82, 2.24) is 20.3 Å². The zero-order valence-corrected chi connectivity index (χ0v) is 13.1. The fourth-order valence-electron chi connectivity index (χ4n) is 2.07. The van der Waals surface area contributed by atoms with Crippen LogP contribution in [0.1, 0.15) is 13.3 Å². The Kier molecular flexibility index (Phi) is 5.96. The summed E-state index contributed by atoms with van der Waals surface area (Å²) in [5.41, 5.74) is 0.128. The van der Waals surface area contributed by atoms with Gasteiger partial charge in [0.2, 0.25) is 5.91 Å². The first kappa shape index (κ1) is 17.5. The highest BCUT2D eigenvalue weighted by molar-refractivity contribution is 5.84. The monoisotopic (exact) mass is 334 g/mol. The summed E-state index contributed by atoms with van der Waals surface area (Å²) in [6.07, 6.45) is -0.0944. The Morgan fingerprint density at radius 3 is 2.83 bits per heavy atom. The lowest BCUT2D eigenvalue weighted by molar-refractivity contribution is -0.148. The molecule has 1 heterocycles. The van der Waals surface area contributed by atoms with E-state index in [1.165, 1.54) is 0 Å². The highest BCUT2D eigenvalue weighted by atomic mass is 16.5. The molecule has 0 bridgehead atoms. The van der Waals surface area contributed by atoms with E-state index in [-0.39, 0.29) is 25.1 Å². The molecular weight excluding hydrogens is 316 g/mol. The summed E-state index contributed by atoms with van der Waals surface area (Å²) in [7, 11) is 0. The van der Waals surface area contributed by atoms with Gasteiger partial charge in [-0.25, -0.2) is 9.48 Å². The van der Waals surface area contributed by atoms with E-state index in [1.807, 2.05) is 0 Å². The first-order valence-corrected chi connectivity index (χ1v) is 7.46. The minimum Gasteiger partial charge on any atom is -0.464 e. The molecular formula is C15H18N4O5. The Hall–Kier alpha value is -2.81. The highest BCUT2D eigenvalue weighted by Crippen LogP contribution is 2.03. The lowest BCUT2D eigenvalue weighted by atomic mass is 10.2. The first-order valence-electron chi connectivity index (χ1n) is 7.46. The summed E-state index contributed by atoms with van der Waals surface area (Å²) in [6.45, 7) is 1.20. The maximum absolute atomic E-state index is 12.2. The fraction of sp³-hybridized carbons (Fsp3) is 0.400. The van der Waals surface area contributed by atoms with Crippen molar-refractivity contribution in [3.05, 3.63) is 34.6 Å². The summed E-state index contributed by atoms with van der Waals surface area (Å²) >= 11 is 0. The highest BCUT2D eigenvalue weighted by Gasteiger charge is 2.21. The molecule has 1 amide bonds. The van der Waals surface area contributed by atoms with Gasteiger partial charge in [0.25, 0.3) is 5.56 Å². The summed E-state index contributed by atoms with van der Waals surface area (Å²) in [6, 6.07) is 5.64. The Morgan fingerprint density at radius 1 is 1.38 bits per heavy atom. The molecule has 1 aromatic heterocycles. The van der Waals surface area contributed by atoms with Gasteiger partial charge in [-0.2, -0.15) is 0 Å². The van der Waals surface area contributed by atoms with E-state index in [2.05, 4.69) is 15.6 Å². The third-order valence-electron chi connectivity index (χ3n) is 3.27. The average Bonchev–Trinajstić information content (AvgIpc) is 2.59. The molecule has 0 aliphatic rings. The van der Waals surface area contributed by atoms with Gasteiger partial charge in [0.15, 0.2) is 6.04 Å². The maximum atomic E-state index is 12.2. The summed E-state index contributed by atoms with van der Waals surface area (Å²) < 4.78 is 5.82. The second-order valence-electron chi connectivity index (χ2n) is 4.94. The number of rotatable bonds is 7.